The number of carboxylic acid groups (broad SMARTS) is 1. The molecular formula is C12H14O4S. The Kier molecular flexibility index (Phi) is 3.78. The van der Waals surface area contributed by atoms with Gasteiger partial charge in [-0.1, -0.05) is 6.07 Å². The highest BCUT2D eigenvalue weighted by atomic mass is 32.2. The summed E-state index contributed by atoms with van der Waals surface area (Å²) in [5, 5.41) is 8.39. The predicted molar refractivity (Wildman–Crippen MR) is 65.8 cm³/mol. The molecule has 1 aromatic rings. The summed E-state index contributed by atoms with van der Waals surface area (Å²) in [6, 6.07) is 5.83. The molecule has 1 aliphatic heterocycles. The average Bonchev–Trinajstić information content (AvgIpc) is 2.75. The number of carboxylic acids is 1. The summed E-state index contributed by atoms with van der Waals surface area (Å²) in [6.07, 6.45) is 0.832. The van der Waals surface area contributed by atoms with Gasteiger partial charge in [-0.2, -0.15) is 0 Å². The summed E-state index contributed by atoms with van der Waals surface area (Å²) in [4.78, 5) is 10.6. The van der Waals surface area contributed by atoms with E-state index in [9.17, 15) is 4.79 Å². The van der Waals surface area contributed by atoms with Gasteiger partial charge in [0, 0.05) is 0 Å². The third-order valence-electron chi connectivity index (χ3n) is 2.54. The van der Waals surface area contributed by atoms with E-state index >= 15 is 0 Å². The lowest BCUT2D eigenvalue weighted by Crippen LogP contribution is -2.12. The molecule has 2 rings (SSSR count). The zero-order chi connectivity index (χ0) is 12.3. The van der Waals surface area contributed by atoms with Gasteiger partial charge in [0.15, 0.2) is 11.5 Å². The van der Waals surface area contributed by atoms with E-state index in [0.29, 0.717) is 0 Å². The van der Waals surface area contributed by atoms with Crippen LogP contribution in [0.3, 0.4) is 0 Å². The lowest BCUT2D eigenvalue weighted by molar-refractivity contribution is -0.136. The summed E-state index contributed by atoms with van der Waals surface area (Å²) in [6.45, 7) is 1.98. The number of fused-ring (bicyclic) bond motifs is 1. The first-order valence-electron chi connectivity index (χ1n) is 5.40. The van der Waals surface area contributed by atoms with Crippen LogP contribution in [-0.2, 0) is 11.2 Å². The first-order valence-corrected chi connectivity index (χ1v) is 6.44. The van der Waals surface area contributed by atoms with Gasteiger partial charge in [0.05, 0.1) is 5.25 Å². The monoisotopic (exact) mass is 254 g/mol. The number of ether oxygens (including phenoxy) is 2. The lowest BCUT2D eigenvalue weighted by Gasteiger charge is -2.06. The fourth-order valence-electron chi connectivity index (χ4n) is 1.52. The van der Waals surface area contributed by atoms with E-state index in [-0.39, 0.29) is 12.0 Å². The minimum Gasteiger partial charge on any atom is -0.480 e. The lowest BCUT2D eigenvalue weighted by atomic mass is 10.1. The SMILES string of the molecule is CC(SCCc1ccc2c(c1)OCO2)C(=O)O. The molecular weight excluding hydrogens is 240 g/mol. The van der Waals surface area contributed by atoms with Crippen molar-refractivity contribution >= 4 is 17.7 Å². The van der Waals surface area contributed by atoms with Crippen molar-refractivity contribution in [2.24, 2.45) is 0 Å². The zero-order valence-corrected chi connectivity index (χ0v) is 10.3. The quantitative estimate of drug-likeness (QED) is 0.872. The molecule has 0 spiro atoms. The Hall–Kier alpha value is -1.36. The van der Waals surface area contributed by atoms with Gasteiger partial charge in [0.1, 0.15) is 0 Å². The summed E-state index contributed by atoms with van der Waals surface area (Å²) < 4.78 is 10.5. The second-order valence-electron chi connectivity index (χ2n) is 3.79. The second kappa shape index (κ2) is 5.31. The maximum Gasteiger partial charge on any atom is 0.316 e. The van der Waals surface area contributed by atoms with E-state index in [1.807, 2.05) is 18.2 Å². The molecule has 0 saturated carbocycles. The van der Waals surface area contributed by atoms with E-state index in [1.54, 1.807) is 6.92 Å². The van der Waals surface area contributed by atoms with Gasteiger partial charge in [-0.25, -0.2) is 0 Å². The summed E-state index contributed by atoms with van der Waals surface area (Å²) >= 11 is 1.44. The second-order valence-corrected chi connectivity index (χ2v) is 5.24. The highest BCUT2D eigenvalue weighted by Gasteiger charge is 2.14. The fraction of sp³-hybridized carbons (Fsp3) is 0.417. The fourth-order valence-corrected chi connectivity index (χ4v) is 2.37. The molecule has 1 unspecified atom stereocenters. The smallest absolute Gasteiger partial charge is 0.316 e. The summed E-state index contributed by atoms with van der Waals surface area (Å²) in [7, 11) is 0. The van der Waals surface area contributed by atoms with Crippen LogP contribution in [-0.4, -0.2) is 28.9 Å². The molecule has 0 fully saturated rings. The normalized spacial score (nSPS) is 14.6. The molecule has 1 atom stereocenters. The average molecular weight is 254 g/mol. The molecule has 1 heterocycles. The van der Waals surface area contributed by atoms with Crippen LogP contribution in [0.4, 0.5) is 0 Å². The molecule has 92 valence electrons. The first kappa shape index (κ1) is 12.1. The Balaban J connectivity index is 1.85. The Morgan fingerprint density at radius 1 is 1.47 bits per heavy atom. The van der Waals surface area contributed by atoms with Crippen molar-refractivity contribution in [3.05, 3.63) is 23.8 Å². The van der Waals surface area contributed by atoms with Crippen LogP contribution in [0.25, 0.3) is 0 Å². The van der Waals surface area contributed by atoms with Crippen molar-refractivity contribution in [2.75, 3.05) is 12.5 Å². The molecule has 0 saturated heterocycles. The van der Waals surface area contributed by atoms with Crippen molar-refractivity contribution < 1.29 is 19.4 Å². The van der Waals surface area contributed by atoms with Crippen molar-refractivity contribution in [1.29, 1.82) is 0 Å². The van der Waals surface area contributed by atoms with Crippen molar-refractivity contribution in [1.82, 2.24) is 0 Å². The zero-order valence-electron chi connectivity index (χ0n) is 9.51. The Bertz CT molecular complexity index is 419. The number of carbonyl (C=O) groups is 1. The van der Waals surface area contributed by atoms with E-state index in [0.717, 1.165) is 29.2 Å². The number of thioether (sulfide) groups is 1. The van der Waals surface area contributed by atoms with Gasteiger partial charge in [0.25, 0.3) is 0 Å². The highest BCUT2D eigenvalue weighted by Crippen LogP contribution is 2.32. The third kappa shape index (κ3) is 3.06. The number of rotatable bonds is 5. The number of benzene rings is 1. The predicted octanol–water partition coefficient (Wildman–Crippen LogP) is 2.16. The van der Waals surface area contributed by atoms with E-state index in [4.69, 9.17) is 14.6 Å². The van der Waals surface area contributed by atoms with Crippen LogP contribution >= 0.6 is 11.8 Å². The third-order valence-corrected chi connectivity index (χ3v) is 3.68. The summed E-state index contributed by atoms with van der Waals surface area (Å²) in [5.74, 6) is 1.58. The van der Waals surface area contributed by atoms with Gasteiger partial charge in [-0.05, 0) is 36.8 Å². The molecule has 4 nitrogen and oxygen atoms in total. The van der Waals surface area contributed by atoms with E-state index < -0.39 is 5.97 Å². The van der Waals surface area contributed by atoms with E-state index in [2.05, 4.69) is 0 Å². The highest BCUT2D eigenvalue weighted by molar-refractivity contribution is 8.00. The largest absolute Gasteiger partial charge is 0.480 e. The van der Waals surface area contributed by atoms with E-state index in [1.165, 1.54) is 11.8 Å². The molecule has 0 aromatic heterocycles. The topological polar surface area (TPSA) is 55.8 Å². The van der Waals surface area contributed by atoms with Crippen LogP contribution in [0.15, 0.2) is 18.2 Å². The number of hydrogen-bond acceptors (Lipinski definition) is 4. The molecule has 17 heavy (non-hydrogen) atoms. The Labute approximate surface area is 104 Å². The maximum atomic E-state index is 10.6. The van der Waals surface area contributed by atoms with Crippen LogP contribution in [0.5, 0.6) is 11.5 Å². The molecule has 1 N–H and O–H groups in total. The first-order chi connectivity index (χ1) is 8.16. The molecule has 0 aliphatic carbocycles. The van der Waals surface area contributed by atoms with Crippen molar-refractivity contribution in [3.63, 3.8) is 0 Å². The molecule has 0 radical (unpaired) electrons. The van der Waals surface area contributed by atoms with Crippen molar-refractivity contribution in [3.8, 4) is 11.5 Å². The molecule has 5 heteroatoms. The molecule has 0 amide bonds. The number of hydrogen-bond donors (Lipinski definition) is 1. The Morgan fingerprint density at radius 2 is 2.24 bits per heavy atom. The van der Waals surface area contributed by atoms with Gasteiger partial charge >= 0.3 is 5.97 Å². The van der Waals surface area contributed by atoms with Gasteiger partial charge in [0.2, 0.25) is 6.79 Å². The maximum absolute atomic E-state index is 10.6. The summed E-state index contributed by atoms with van der Waals surface area (Å²) in [5.41, 5.74) is 1.14. The Morgan fingerprint density at radius 3 is 3.00 bits per heavy atom. The van der Waals surface area contributed by atoms with Crippen molar-refractivity contribution in [2.45, 2.75) is 18.6 Å². The minimum atomic E-state index is -0.763. The van der Waals surface area contributed by atoms with Gasteiger partial charge in [-0.3, -0.25) is 4.79 Å². The van der Waals surface area contributed by atoms with Crippen LogP contribution < -0.4 is 9.47 Å². The molecule has 1 aromatic carbocycles. The molecule has 0 bridgehead atoms. The molecule has 1 aliphatic rings. The van der Waals surface area contributed by atoms with Crippen LogP contribution in [0.1, 0.15) is 12.5 Å². The minimum absolute atomic E-state index is 0.281. The van der Waals surface area contributed by atoms with Gasteiger partial charge < -0.3 is 14.6 Å². The van der Waals surface area contributed by atoms with Crippen LogP contribution in [0, 0.1) is 0 Å². The van der Waals surface area contributed by atoms with Crippen LogP contribution in [0.2, 0.25) is 0 Å². The van der Waals surface area contributed by atoms with Gasteiger partial charge in [-0.15, -0.1) is 11.8 Å². The number of aryl methyl sites for hydroxylation is 1. The number of aliphatic carboxylic acids is 1. The standard InChI is InChI=1S/C12H14O4S/c1-8(12(13)14)17-5-4-9-2-3-10-11(6-9)16-7-15-10/h2-3,6,8H,4-5,7H2,1H3,(H,13,14).